The number of benzene rings is 8. The van der Waals surface area contributed by atoms with Gasteiger partial charge in [0.05, 0.1) is 22.4 Å². The Labute approximate surface area is 440 Å². The van der Waals surface area contributed by atoms with Gasteiger partial charge in [0.2, 0.25) is 0 Å². The van der Waals surface area contributed by atoms with E-state index < -0.39 is 16.1 Å². The van der Waals surface area contributed by atoms with Crippen molar-refractivity contribution in [1.29, 1.82) is 0 Å². The molecule has 362 valence electrons. The van der Waals surface area contributed by atoms with Crippen molar-refractivity contribution in [1.82, 2.24) is 34.9 Å². The van der Waals surface area contributed by atoms with Gasteiger partial charge in [-0.3, -0.25) is 14.5 Å². The molecule has 0 spiro atoms. The normalized spacial score (nSPS) is 12.3. The van der Waals surface area contributed by atoms with Crippen molar-refractivity contribution in [3.63, 3.8) is 0 Å². The van der Waals surface area contributed by atoms with Crippen LogP contribution in [0.2, 0.25) is 0 Å². The lowest BCUT2D eigenvalue weighted by atomic mass is 9.81. The summed E-state index contributed by atoms with van der Waals surface area (Å²) in [6.45, 7) is 9.10. The van der Waals surface area contributed by atoms with Crippen LogP contribution in [-0.4, -0.2) is 51.1 Å². The topological polar surface area (TPSA) is 82.3 Å². The minimum Gasteiger partial charge on any atom is -0.275 e. The maximum absolute atomic E-state index is 4.87. The second kappa shape index (κ2) is 19.3. The Morgan fingerprint density at radius 1 is 0.333 bits per heavy atom. The molecule has 4 aromatic heterocycles. The van der Waals surface area contributed by atoms with Crippen LogP contribution < -0.4 is 41.5 Å². The molecule has 0 fully saturated rings. The van der Waals surface area contributed by atoms with Crippen LogP contribution in [0.5, 0.6) is 0 Å². The summed E-state index contributed by atoms with van der Waals surface area (Å²) >= 11 is 0. The summed E-state index contributed by atoms with van der Waals surface area (Å²) in [5, 5.41) is 30.5. The molecule has 0 aliphatic rings. The molecule has 0 radical (unpaired) electrons. The van der Waals surface area contributed by atoms with E-state index in [-0.39, 0.29) is 10.8 Å². The van der Waals surface area contributed by atoms with Crippen molar-refractivity contribution in [2.75, 3.05) is 0 Å². The molecular formula is C66H55N7Si2. The molecule has 0 saturated carbocycles. The summed E-state index contributed by atoms with van der Waals surface area (Å²) in [7, 11) is -6.25. The molecule has 12 aromatic rings. The van der Waals surface area contributed by atoms with E-state index in [4.69, 9.17) is 20.2 Å². The molecule has 0 atom stereocenters. The predicted molar refractivity (Wildman–Crippen MR) is 312 cm³/mol. The van der Waals surface area contributed by atoms with Gasteiger partial charge >= 0.3 is 0 Å². The fourth-order valence-electron chi connectivity index (χ4n) is 11.8. The number of nitrogens with zero attached hydrogens (tertiary/aromatic N) is 7. The molecule has 0 bridgehead atoms. The zero-order valence-corrected chi connectivity index (χ0v) is 44.5. The van der Waals surface area contributed by atoms with Crippen molar-refractivity contribution >= 4 is 79.4 Å². The Balaban J connectivity index is 1.15. The van der Waals surface area contributed by atoms with Crippen LogP contribution in [0.25, 0.3) is 27.8 Å². The van der Waals surface area contributed by atoms with Gasteiger partial charge in [-0.05, 0) is 89.0 Å². The van der Waals surface area contributed by atoms with Crippen LogP contribution in [-0.2, 0) is 10.8 Å². The lowest BCUT2D eigenvalue weighted by molar-refractivity contribution is 0.617. The molecule has 0 N–H and O–H groups in total. The Bertz CT molecular complexity index is 3610. The van der Waals surface area contributed by atoms with Crippen LogP contribution in [0.4, 0.5) is 0 Å². The lowest BCUT2D eigenvalue weighted by Gasteiger charge is -2.36. The molecule has 0 aliphatic heterocycles. The summed E-state index contributed by atoms with van der Waals surface area (Å²) in [6.07, 6.45) is 5.18. The molecule has 0 unspecified atom stereocenters. The quantitative estimate of drug-likeness (QED) is 0.0852. The fourth-order valence-corrected chi connectivity index (χ4v) is 21.4. The van der Waals surface area contributed by atoms with Gasteiger partial charge in [-0.1, -0.05) is 234 Å². The van der Waals surface area contributed by atoms with Gasteiger partial charge in [0.15, 0.2) is 22.5 Å². The average molecular weight is 1000 g/mol. The van der Waals surface area contributed by atoms with Gasteiger partial charge in [-0.25, -0.2) is 0 Å². The lowest BCUT2D eigenvalue weighted by Crippen LogP contribution is -2.74. The highest BCUT2D eigenvalue weighted by Gasteiger charge is 2.45. The fraction of sp³-hybridized carbons (Fsp3) is 0.0909. The summed E-state index contributed by atoms with van der Waals surface area (Å²) < 4.78 is 2.20. The van der Waals surface area contributed by atoms with Crippen LogP contribution >= 0.6 is 0 Å². The van der Waals surface area contributed by atoms with E-state index in [0.717, 1.165) is 33.2 Å². The summed E-state index contributed by atoms with van der Waals surface area (Å²) in [5.74, 6) is 0.406. The van der Waals surface area contributed by atoms with E-state index in [1.54, 1.807) is 0 Å². The van der Waals surface area contributed by atoms with E-state index in [1.807, 2.05) is 24.5 Å². The third kappa shape index (κ3) is 7.94. The third-order valence-electron chi connectivity index (χ3n) is 15.7. The number of hydrogen-bond acceptors (Lipinski definition) is 6. The van der Waals surface area contributed by atoms with Crippen LogP contribution in [0, 0.1) is 0 Å². The van der Waals surface area contributed by atoms with Gasteiger partial charge in [0.25, 0.3) is 5.95 Å². The van der Waals surface area contributed by atoms with Gasteiger partial charge in [0.1, 0.15) is 0 Å². The Morgan fingerprint density at radius 3 is 1.04 bits per heavy atom. The van der Waals surface area contributed by atoms with Crippen molar-refractivity contribution in [3.05, 3.63) is 284 Å². The minimum absolute atomic E-state index is 0.363. The standard InChI is InChI=1S/C66H55N7Si2/c1-65(2,62-35-17-19-41-67-62)48-23-21-33-54(43-48)74(50-25-9-5-10-26-50,51-27-11-6-12-28-51)56-37-39-58-59-40-38-57(46-61(59)73(60(58)45-56)64-71-69-47-70-72-64)75(52-29-13-7-14-30-52,53-31-15-8-16-32-53)55-34-22-24-49(44-55)66(3,4)63-36-18-20-42-68-63/h5-47H,1-4H3. The average Bonchev–Trinajstić information content (AvgIpc) is 3.82. The first-order chi connectivity index (χ1) is 36.7. The Hall–Kier alpha value is -8.77. The second-order valence-electron chi connectivity index (χ2n) is 20.5. The summed E-state index contributed by atoms with van der Waals surface area (Å²) in [4.78, 5) is 9.74. The predicted octanol–water partition coefficient (Wildman–Crippen LogP) is 8.56. The van der Waals surface area contributed by atoms with E-state index >= 15 is 0 Å². The minimum atomic E-state index is -3.12. The Kier molecular flexibility index (Phi) is 12.1. The second-order valence-corrected chi connectivity index (χ2v) is 28.1. The molecule has 4 heterocycles. The van der Waals surface area contributed by atoms with Gasteiger partial charge in [-0.2, -0.15) is 0 Å². The van der Waals surface area contributed by atoms with Crippen LogP contribution in [0.15, 0.2) is 261 Å². The van der Waals surface area contributed by atoms with Crippen molar-refractivity contribution in [2.45, 2.75) is 38.5 Å². The van der Waals surface area contributed by atoms with Gasteiger partial charge in [-0.15, -0.1) is 20.4 Å². The zero-order chi connectivity index (χ0) is 51.0. The monoisotopic (exact) mass is 1000 g/mol. The van der Waals surface area contributed by atoms with E-state index in [9.17, 15) is 0 Å². The number of hydrogen-bond donors (Lipinski definition) is 0. The van der Waals surface area contributed by atoms with Crippen molar-refractivity contribution in [3.8, 4) is 5.95 Å². The van der Waals surface area contributed by atoms with Gasteiger partial charge in [0, 0.05) is 34.0 Å². The van der Waals surface area contributed by atoms with Crippen LogP contribution in [0.1, 0.15) is 50.2 Å². The Morgan fingerprint density at radius 2 is 0.680 bits per heavy atom. The first kappa shape index (κ1) is 47.3. The number of rotatable bonds is 13. The largest absolute Gasteiger partial charge is 0.275 e. The SMILES string of the molecule is CC(C)(c1cccc([Si](c2ccccc2)(c2ccccc2)c2ccc3c4ccc([Si](c5ccccc5)(c5ccccc5)c5cccc(C(C)(C)c6ccccn6)c5)cc4n(-c4nncnn4)c3c2)c1)c1ccccn1. The highest BCUT2D eigenvalue weighted by molar-refractivity contribution is 7.20. The van der Waals surface area contributed by atoms with Crippen molar-refractivity contribution in [2.24, 2.45) is 0 Å². The van der Waals surface area contributed by atoms with Crippen molar-refractivity contribution < 1.29 is 0 Å². The molecule has 8 aromatic carbocycles. The molecular weight excluding hydrogens is 947 g/mol. The summed E-state index contributed by atoms with van der Waals surface area (Å²) in [6, 6.07) is 89.6. The number of pyridine rings is 2. The molecule has 0 amide bonds. The molecule has 75 heavy (non-hydrogen) atoms. The highest BCUT2D eigenvalue weighted by atomic mass is 28.3. The molecule has 9 heteroatoms. The number of fused-ring (bicyclic) bond motifs is 3. The molecule has 7 nitrogen and oxygen atoms in total. The van der Waals surface area contributed by atoms with Crippen LogP contribution in [0.3, 0.4) is 0 Å². The van der Waals surface area contributed by atoms with E-state index in [0.29, 0.717) is 5.95 Å². The smallest absolute Gasteiger partial charge is 0.273 e. The maximum Gasteiger partial charge on any atom is 0.273 e. The molecule has 12 rings (SSSR count). The molecule has 0 saturated heterocycles. The maximum atomic E-state index is 4.87. The first-order valence-electron chi connectivity index (χ1n) is 25.6. The highest BCUT2D eigenvalue weighted by Crippen LogP contribution is 2.34. The third-order valence-corrected chi connectivity index (χ3v) is 25.2. The van der Waals surface area contributed by atoms with E-state index in [1.165, 1.54) is 58.9 Å². The zero-order valence-electron chi connectivity index (χ0n) is 42.5. The molecule has 0 aliphatic carbocycles. The van der Waals surface area contributed by atoms with E-state index in [2.05, 4.69) is 273 Å². The summed E-state index contributed by atoms with van der Waals surface area (Å²) in [5.41, 5.74) is 5.69. The van der Waals surface area contributed by atoms with Gasteiger partial charge < -0.3 is 0 Å². The first-order valence-corrected chi connectivity index (χ1v) is 29.6. The number of aromatic nitrogens is 7.